The third kappa shape index (κ3) is 4.26. The van der Waals surface area contributed by atoms with Gasteiger partial charge >= 0.3 is 0 Å². The summed E-state index contributed by atoms with van der Waals surface area (Å²) in [7, 11) is 2.07. The second-order valence-corrected chi connectivity index (χ2v) is 7.13. The zero-order valence-corrected chi connectivity index (χ0v) is 15.9. The maximum atomic E-state index is 14.4. The highest BCUT2D eigenvalue weighted by atomic mass is 35.5. The number of allylic oxidation sites excluding steroid dienone is 1. The van der Waals surface area contributed by atoms with Gasteiger partial charge in [0.05, 0.1) is 5.02 Å². The molecule has 1 aliphatic heterocycles. The molecule has 1 fully saturated rings. The Balaban J connectivity index is 1.87. The van der Waals surface area contributed by atoms with Crippen LogP contribution in [0.4, 0.5) is 10.1 Å². The number of hydrogen-bond acceptors (Lipinski definition) is 3. The molecule has 0 atom stereocenters. The Labute approximate surface area is 162 Å². The molecule has 0 amide bonds. The second kappa shape index (κ2) is 8.21. The molecule has 1 saturated heterocycles. The first-order valence-corrected chi connectivity index (χ1v) is 9.11. The van der Waals surface area contributed by atoms with Crippen LogP contribution >= 0.6 is 23.2 Å². The molecular weight excluding hydrogens is 374 g/mol. The number of piperazine rings is 1. The summed E-state index contributed by atoms with van der Waals surface area (Å²) in [6.07, 6.45) is 2.88. The van der Waals surface area contributed by atoms with Gasteiger partial charge in [-0.2, -0.15) is 0 Å². The lowest BCUT2D eigenvalue weighted by Crippen LogP contribution is -2.44. The summed E-state index contributed by atoms with van der Waals surface area (Å²) >= 11 is 11.9. The topological polar surface area (TPSA) is 23.6 Å². The molecule has 0 radical (unpaired) electrons. The van der Waals surface area contributed by atoms with Crippen molar-refractivity contribution in [2.45, 2.75) is 0 Å². The first-order valence-electron chi connectivity index (χ1n) is 8.35. The normalized spacial score (nSPS) is 15.6. The van der Waals surface area contributed by atoms with Crippen molar-refractivity contribution in [3.05, 3.63) is 69.5 Å². The molecular formula is C20H19Cl2FN2O. The van der Waals surface area contributed by atoms with E-state index in [4.69, 9.17) is 23.2 Å². The van der Waals surface area contributed by atoms with Crippen molar-refractivity contribution in [1.29, 1.82) is 0 Å². The number of anilines is 1. The molecule has 0 saturated carbocycles. The van der Waals surface area contributed by atoms with Crippen LogP contribution < -0.4 is 4.90 Å². The second-order valence-electron chi connectivity index (χ2n) is 6.28. The molecule has 0 unspecified atom stereocenters. The molecule has 2 aromatic carbocycles. The fraction of sp³-hybridized carbons (Fsp3) is 0.250. The molecule has 6 heteroatoms. The lowest BCUT2D eigenvalue weighted by molar-refractivity contribution is 0.104. The summed E-state index contributed by atoms with van der Waals surface area (Å²) in [6.45, 7) is 3.47. The summed E-state index contributed by atoms with van der Waals surface area (Å²) in [4.78, 5) is 16.8. The van der Waals surface area contributed by atoms with Gasteiger partial charge in [-0.3, -0.25) is 4.79 Å². The Morgan fingerprint density at radius 2 is 1.85 bits per heavy atom. The molecule has 1 aliphatic rings. The SMILES string of the molecule is CN1CCN(c2cccc(F)c2/C=C/C(=O)c2ccc(Cl)cc2Cl)CC1. The molecule has 0 aromatic heterocycles. The minimum atomic E-state index is -0.354. The number of rotatable bonds is 4. The maximum absolute atomic E-state index is 14.4. The fourth-order valence-electron chi connectivity index (χ4n) is 2.95. The van der Waals surface area contributed by atoms with Gasteiger partial charge in [0.1, 0.15) is 5.82 Å². The summed E-state index contributed by atoms with van der Waals surface area (Å²) in [6, 6.07) is 9.67. The Kier molecular flexibility index (Phi) is 5.97. The number of carbonyl (C=O) groups excluding carboxylic acids is 1. The van der Waals surface area contributed by atoms with Gasteiger partial charge in [-0.15, -0.1) is 0 Å². The van der Waals surface area contributed by atoms with Crippen LogP contribution in [0.5, 0.6) is 0 Å². The standard InChI is InChI=1S/C20H19Cl2FN2O/c1-24-9-11-25(12-10-24)19-4-2-3-18(23)16(19)7-8-20(26)15-6-5-14(21)13-17(15)22/h2-8,13H,9-12H2,1H3/b8-7+. The summed E-state index contributed by atoms with van der Waals surface area (Å²) in [5.74, 6) is -0.646. The van der Waals surface area contributed by atoms with Crippen molar-refractivity contribution in [1.82, 2.24) is 4.90 Å². The van der Waals surface area contributed by atoms with Crippen LogP contribution in [0.1, 0.15) is 15.9 Å². The molecule has 3 rings (SSSR count). The van der Waals surface area contributed by atoms with Crippen LogP contribution in [0, 0.1) is 5.82 Å². The van der Waals surface area contributed by atoms with E-state index in [0.29, 0.717) is 16.1 Å². The Morgan fingerprint density at radius 1 is 1.12 bits per heavy atom. The van der Waals surface area contributed by atoms with Crippen molar-refractivity contribution >= 4 is 40.7 Å². The van der Waals surface area contributed by atoms with Gasteiger partial charge in [0.25, 0.3) is 0 Å². The largest absolute Gasteiger partial charge is 0.368 e. The summed E-state index contributed by atoms with van der Waals surface area (Å²) < 4.78 is 14.4. The fourth-order valence-corrected chi connectivity index (χ4v) is 3.45. The van der Waals surface area contributed by atoms with Gasteiger partial charge < -0.3 is 9.80 Å². The average Bonchev–Trinajstić information content (AvgIpc) is 2.61. The molecule has 2 aromatic rings. The number of carbonyl (C=O) groups is 1. The lowest BCUT2D eigenvalue weighted by atomic mass is 10.1. The van der Waals surface area contributed by atoms with Crippen molar-refractivity contribution in [2.24, 2.45) is 0 Å². The molecule has 1 heterocycles. The average molecular weight is 393 g/mol. The Bertz CT molecular complexity index is 846. The molecule has 0 aliphatic carbocycles. The van der Waals surface area contributed by atoms with Gasteiger partial charge in [0.2, 0.25) is 0 Å². The number of hydrogen-bond donors (Lipinski definition) is 0. The predicted octanol–water partition coefficient (Wildman–Crippen LogP) is 4.78. The minimum absolute atomic E-state index is 0.278. The van der Waals surface area contributed by atoms with Crippen LogP contribution in [0.25, 0.3) is 6.08 Å². The maximum Gasteiger partial charge on any atom is 0.187 e. The van der Waals surface area contributed by atoms with E-state index in [2.05, 4.69) is 16.8 Å². The zero-order valence-electron chi connectivity index (χ0n) is 14.4. The van der Waals surface area contributed by atoms with E-state index in [9.17, 15) is 9.18 Å². The van der Waals surface area contributed by atoms with Crippen molar-refractivity contribution in [3.8, 4) is 0 Å². The van der Waals surface area contributed by atoms with Gasteiger partial charge in [-0.05, 0) is 49.5 Å². The zero-order chi connectivity index (χ0) is 18.7. The van der Waals surface area contributed by atoms with Gasteiger partial charge in [0, 0.05) is 48.0 Å². The van der Waals surface area contributed by atoms with Crippen molar-refractivity contribution in [2.75, 3.05) is 38.1 Å². The smallest absolute Gasteiger partial charge is 0.187 e. The first kappa shape index (κ1) is 18.9. The Morgan fingerprint density at radius 3 is 2.54 bits per heavy atom. The van der Waals surface area contributed by atoms with Crippen LogP contribution in [0.3, 0.4) is 0 Å². The molecule has 0 bridgehead atoms. The van der Waals surface area contributed by atoms with E-state index in [1.54, 1.807) is 18.2 Å². The predicted molar refractivity (Wildman–Crippen MR) is 106 cm³/mol. The van der Waals surface area contributed by atoms with Gasteiger partial charge in [-0.25, -0.2) is 4.39 Å². The lowest BCUT2D eigenvalue weighted by Gasteiger charge is -2.35. The number of nitrogens with zero attached hydrogens (tertiary/aromatic N) is 2. The third-order valence-electron chi connectivity index (χ3n) is 4.47. The number of likely N-dealkylation sites (N-methyl/N-ethyl adjacent to an activating group) is 1. The first-order chi connectivity index (χ1) is 12.5. The molecule has 0 N–H and O–H groups in total. The van der Waals surface area contributed by atoms with Gasteiger partial charge in [0.15, 0.2) is 5.78 Å². The number of benzene rings is 2. The number of ketones is 1. The van der Waals surface area contributed by atoms with Crippen LogP contribution in [0.2, 0.25) is 10.0 Å². The molecule has 136 valence electrons. The van der Waals surface area contributed by atoms with E-state index < -0.39 is 0 Å². The monoisotopic (exact) mass is 392 g/mol. The Hall–Kier alpha value is -1.88. The highest BCUT2D eigenvalue weighted by molar-refractivity contribution is 6.37. The van der Waals surface area contributed by atoms with Crippen molar-refractivity contribution in [3.63, 3.8) is 0 Å². The highest BCUT2D eigenvalue weighted by Gasteiger charge is 2.18. The summed E-state index contributed by atoms with van der Waals surface area (Å²) in [5.41, 5.74) is 1.55. The van der Waals surface area contributed by atoms with E-state index in [-0.39, 0.29) is 16.6 Å². The highest BCUT2D eigenvalue weighted by Crippen LogP contribution is 2.27. The molecule has 3 nitrogen and oxygen atoms in total. The number of halogens is 3. The van der Waals surface area contributed by atoms with Crippen molar-refractivity contribution < 1.29 is 9.18 Å². The van der Waals surface area contributed by atoms with E-state index >= 15 is 0 Å². The minimum Gasteiger partial charge on any atom is -0.368 e. The van der Waals surface area contributed by atoms with Crippen LogP contribution in [-0.4, -0.2) is 43.9 Å². The molecule has 0 spiro atoms. The van der Waals surface area contributed by atoms with E-state index in [1.165, 1.54) is 24.3 Å². The van der Waals surface area contributed by atoms with Crippen LogP contribution in [-0.2, 0) is 0 Å². The van der Waals surface area contributed by atoms with Gasteiger partial charge in [-0.1, -0.05) is 29.3 Å². The van der Waals surface area contributed by atoms with E-state index in [0.717, 1.165) is 31.9 Å². The molecule has 26 heavy (non-hydrogen) atoms. The van der Waals surface area contributed by atoms with Crippen LogP contribution in [0.15, 0.2) is 42.5 Å². The van der Waals surface area contributed by atoms with E-state index in [1.807, 2.05) is 6.07 Å². The quantitative estimate of drug-likeness (QED) is 0.552. The summed E-state index contributed by atoms with van der Waals surface area (Å²) in [5, 5.41) is 0.738. The third-order valence-corrected chi connectivity index (χ3v) is 5.02.